The molecule has 0 aromatic rings. The van der Waals surface area contributed by atoms with Gasteiger partial charge in [-0.2, -0.15) is 0 Å². The number of aliphatic hydroxyl groups excluding tert-OH is 5. The first-order valence-corrected chi connectivity index (χ1v) is 30.6. The molecule has 0 aromatic heterocycles. The summed E-state index contributed by atoms with van der Waals surface area (Å²) < 4.78 is 11.3. The minimum absolute atomic E-state index is 0.139. The van der Waals surface area contributed by atoms with Crippen molar-refractivity contribution < 1.29 is 39.8 Å². The number of carbonyl (C=O) groups is 1. The Bertz CT molecular complexity index is 1380. The van der Waals surface area contributed by atoms with Gasteiger partial charge in [0.05, 0.1) is 25.4 Å². The molecule has 1 aliphatic rings. The molecule has 0 saturated carbocycles. The summed E-state index contributed by atoms with van der Waals surface area (Å²) in [4.78, 5) is 13.1. The topological polar surface area (TPSA) is 149 Å². The third kappa shape index (κ3) is 42.4. The van der Waals surface area contributed by atoms with E-state index in [1.165, 1.54) is 167 Å². The first-order chi connectivity index (χ1) is 35.8. The van der Waals surface area contributed by atoms with Crippen LogP contribution >= 0.6 is 0 Å². The first kappa shape index (κ1) is 68.6. The van der Waals surface area contributed by atoms with Gasteiger partial charge in [0.1, 0.15) is 24.4 Å². The van der Waals surface area contributed by atoms with Crippen LogP contribution in [0.2, 0.25) is 0 Å². The first-order valence-electron chi connectivity index (χ1n) is 30.6. The van der Waals surface area contributed by atoms with Gasteiger partial charge in [0.25, 0.3) is 0 Å². The van der Waals surface area contributed by atoms with Gasteiger partial charge in [-0.15, -0.1) is 0 Å². The lowest BCUT2D eigenvalue weighted by Gasteiger charge is -2.40. The third-order valence-corrected chi connectivity index (χ3v) is 14.3. The van der Waals surface area contributed by atoms with E-state index in [4.69, 9.17) is 9.47 Å². The van der Waals surface area contributed by atoms with E-state index in [0.717, 1.165) is 77.0 Å². The number of carbonyl (C=O) groups excluding carboxylic acids is 1. The molecule has 1 rings (SSSR count). The Labute approximate surface area is 448 Å². The standard InChI is InChI=1S/C64H115NO8/c1-3-5-7-9-11-13-15-17-19-21-22-23-24-25-26-27-28-29-30-31-32-33-34-35-36-38-40-42-44-46-48-50-52-54-60(68)65-57(56-72-64-63(71)62(70)61(69)59(55-66)73-64)58(67)53-51-49-47-45-43-41-39-37-20-18-16-14-12-10-8-6-4-2/h5,7,11,13,17,19,22-23,25-26,28-29,57-59,61-64,66-67,69-71H,3-4,6,8-10,12,14-16,18,20-21,24,27,30-56H2,1-2H3,(H,65,68)/b7-5-,13-11-,19-17-,23-22-,26-25-,29-28-. The maximum atomic E-state index is 13.1. The molecule has 1 heterocycles. The molecule has 1 amide bonds. The number of ether oxygens (including phenoxy) is 2. The molecule has 1 saturated heterocycles. The van der Waals surface area contributed by atoms with E-state index in [1.807, 2.05) is 0 Å². The number of amides is 1. The van der Waals surface area contributed by atoms with Crippen LogP contribution in [-0.2, 0) is 14.3 Å². The molecule has 7 unspecified atom stereocenters. The number of unbranched alkanes of at least 4 members (excludes halogenated alkanes) is 30. The molecule has 6 N–H and O–H groups in total. The molecule has 73 heavy (non-hydrogen) atoms. The number of rotatable bonds is 52. The highest BCUT2D eigenvalue weighted by molar-refractivity contribution is 5.76. The number of hydrogen-bond acceptors (Lipinski definition) is 8. The van der Waals surface area contributed by atoms with Crippen molar-refractivity contribution in [1.29, 1.82) is 0 Å². The highest BCUT2D eigenvalue weighted by atomic mass is 16.7. The van der Waals surface area contributed by atoms with Gasteiger partial charge < -0.3 is 40.3 Å². The molecule has 0 aliphatic carbocycles. The summed E-state index contributed by atoms with van der Waals surface area (Å²) in [6.07, 6.45) is 66.5. The zero-order valence-corrected chi connectivity index (χ0v) is 47.1. The predicted octanol–water partition coefficient (Wildman–Crippen LogP) is 15.6. The fraction of sp³-hybridized carbons (Fsp3) is 0.797. The number of allylic oxidation sites excluding steroid dienone is 12. The van der Waals surface area contributed by atoms with Gasteiger partial charge in [-0.05, 0) is 64.2 Å². The molecule has 0 radical (unpaired) electrons. The van der Waals surface area contributed by atoms with E-state index in [0.29, 0.717) is 12.8 Å². The summed E-state index contributed by atoms with van der Waals surface area (Å²) in [7, 11) is 0. The molecule has 0 bridgehead atoms. The summed E-state index contributed by atoms with van der Waals surface area (Å²) in [6, 6.07) is -0.722. The van der Waals surface area contributed by atoms with Crippen molar-refractivity contribution in [2.75, 3.05) is 13.2 Å². The quantitative estimate of drug-likeness (QED) is 0.0261. The van der Waals surface area contributed by atoms with Gasteiger partial charge in [-0.25, -0.2) is 0 Å². The monoisotopic (exact) mass is 1030 g/mol. The molecule has 1 aliphatic heterocycles. The van der Waals surface area contributed by atoms with E-state index in [1.54, 1.807) is 0 Å². The Morgan fingerprint density at radius 1 is 0.479 bits per heavy atom. The van der Waals surface area contributed by atoms with Crippen LogP contribution in [0.25, 0.3) is 0 Å². The molecule has 1 fully saturated rings. The van der Waals surface area contributed by atoms with E-state index in [-0.39, 0.29) is 12.5 Å². The summed E-state index contributed by atoms with van der Waals surface area (Å²) in [6.45, 7) is 3.74. The fourth-order valence-electron chi connectivity index (χ4n) is 9.52. The fourth-order valence-corrected chi connectivity index (χ4v) is 9.52. The van der Waals surface area contributed by atoms with Crippen LogP contribution in [0.5, 0.6) is 0 Å². The maximum absolute atomic E-state index is 13.1. The van der Waals surface area contributed by atoms with Gasteiger partial charge in [-0.1, -0.05) is 273 Å². The molecule has 9 nitrogen and oxygen atoms in total. The second kappa shape index (κ2) is 53.0. The normalized spacial score (nSPS) is 19.6. The Morgan fingerprint density at radius 2 is 0.849 bits per heavy atom. The summed E-state index contributed by atoms with van der Waals surface area (Å²) >= 11 is 0. The van der Waals surface area contributed by atoms with Crippen LogP contribution < -0.4 is 5.32 Å². The second-order valence-corrected chi connectivity index (χ2v) is 21.1. The Hall–Kier alpha value is -2.37. The largest absolute Gasteiger partial charge is 0.394 e. The number of aliphatic hydroxyl groups is 5. The maximum Gasteiger partial charge on any atom is 0.220 e. The smallest absolute Gasteiger partial charge is 0.220 e. The molecule has 7 atom stereocenters. The lowest BCUT2D eigenvalue weighted by Crippen LogP contribution is -2.60. The lowest BCUT2D eigenvalue weighted by molar-refractivity contribution is -0.302. The Kier molecular flexibility index (Phi) is 49.9. The average molecular weight is 1030 g/mol. The molecule has 0 spiro atoms. The van der Waals surface area contributed by atoms with E-state index in [9.17, 15) is 30.3 Å². The Balaban J connectivity index is 2.14. The predicted molar refractivity (Wildman–Crippen MR) is 309 cm³/mol. The molecular formula is C64H115NO8. The van der Waals surface area contributed by atoms with Crippen LogP contribution in [0, 0.1) is 0 Å². The van der Waals surface area contributed by atoms with E-state index >= 15 is 0 Å². The number of nitrogens with one attached hydrogen (secondary N) is 1. The minimum atomic E-state index is -1.56. The molecular weight excluding hydrogens is 911 g/mol. The summed E-state index contributed by atoms with van der Waals surface area (Å²) in [5, 5.41) is 54.7. The zero-order chi connectivity index (χ0) is 52.9. The van der Waals surface area contributed by atoms with Crippen molar-refractivity contribution in [3.63, 3.8) is 0 Å². The molecule has 424 valence electrons. The van der Waals surface area contributed by atoms with Gasteiger partial charge in [0.15, 0.2) is 6.29 Å². The van der Waals surface area contributed by atoms with Crippen LogP contribution in [0.3, 0.4) is 0 Å². The average Bonchev–Trinajstić information content (AvgIpc) is 3.39. The van der Waals surface area contributed by atoms with E-state index < -0.39 is 49.5 Å². The third-order valence-electron chi connectivity index (χ3n) is 14.3. The SMILES string of the molecule is CC/C=C\C/C=C\C/C=C\C/C=C\C/C=C\C/C=C\CCCCCCCCCCCCCCCCC(=O)NC(COC1OC(CO)C(O)C(O)C1O)C(O)CCCCCCCCCCCCCCCCCCC. The number of hydrogen-bond donors (Lipinski definition) is 6. The van der Waals surface area contributed by atoms with Crippen LogP contribution in [0.4, 0.5) is 0 Å². The highest BCUT2D eigenvalue weighted by Crippen LogP contribution is 2.23. The van der Waals surface area contributed by atoms with Gasteiger partial charge >= 0.3 is 0 Å². The lowest BCUT2D eigenvalue weighted by atomic mass is 9.99. The van der Waals surface area contributed by atoms with Crippen molar-refractivity contribution in [2.45, 2.75) is 314 Å². The second-order valence-electron chi connectivity index (χ2n) is 21.1. The zero-order valence-electron chi connectivity index (χ0n) is 47.1. The minimum Gasteiger partial charge on any atom is -0.394 e. The highest BCUT2D eigenvalue weighted by Gasteiger charge is 2.44. The van der Waals surface area contributed by atoms with Crippen molar-refractivity contribution >= 4 is 5.91 Å². The van der Waals surface area contributed by atoms with Crippen LogP contribution in [-0.4, -0.2) is 87.5 Å². The summed E-state index contributed by atoms with van der Waals surface area (Å²) in [5.74, 6) is -0.145. The van der Waals surface area contributed by atoms with Gasteiger partial charge in [0, 0.05) is 6.42 Å². The molecule has 9 heteroatoms. The molecule has 0 aromatic carbocycles. The van der Waals surface area contributed by atoms with Gasteiger partial charge in [-0.3, -0.25) is 4.79 Å². The van der Waals surface area contributed by atoms with Crippen LogP contribution in [0.15, 0.2) is 72.9 Å². The van der Waals surface area contributed by atoms with Crippen molar-refractivity contribution in [3.05, 3.63) is 72.9 Å². The van der Waals surface area contributed by atoms with Crippen molar-refractivity contribution in [3.8, 4) is 0 Å². The van der Waals surface area contributed by atoms with Crippen LogP contribution in [0.1, 0.15) is 271 Å². The van der Waals surface area contributed by atoms with Crippen molar-refractivity contribution in [2.24, 2.45) is 0 Å². The Morgan fingerprint density at radius 3 is 1.26 bits per heavy atom. The summed E-state index contributed by atoms with van der Waals surface area (Å²) in [5.41, 5.74) is 0. The van der Waals surface area contributed by atoms with Gasteiger partial charge in [0.2, 0.25) is 5.91 Å². The van der Waals surface area contributed by atoms with Crippen molar-refractivity contribution in [1.82, 2.24) is 5.32 Å². The van der Waals surface area contributed by atoms with E-state index in [2.05, 4.69) is 92.1 Å².